The molecule has 3 nitrogen and oxygen atoms in total. The first kappa shape index (κ1) is 9.44. The van der Waals surface area contributed by atoms with Crippen molar-refractivity contribution in [3.05, 3.63) is 17.8 Å². The third kappa shape index (κ3) is 1.72. The van der Waals surface area contributed by atoms with Crippen LogP contribution in [0.4, 0.5) is 0 Å². The fourth-order valence-electron chi connectivity index (χ4n) is 1.04. The Morgan fingerprint density at radius 3 is 3.21 bits per heavy atom. The van der Waals surface area contributed by atoms with E-state index in [1.165, 1.54) is 11.8 Å². The highest BCUT2D eigenvalue weighted by molar-refractivity contribution is 8.00. The van der Waals surface area contributed by atoms with Gasteiger partial charge in [-0.15, -0.1) is 11.3 Å². The van der Waals surface area contributed by atoms with Gasteiger partial charge >= 0.3 is 0 Å². The molecule has 0 N–H and O–H groups in total. The average Bonchev–Trinajstić information content (AvgIpc) is 2.66. The van der Waals surface area contributed by atoms with Crippen molar-refractivity contribution in [2.45, 2.75) is 17.2 Å². The number of rotatable bonds is 2. The van der Waals surface area contributed by atoms with Gasteiger partial charge in [0.25, 0.3) is 0 Å². The summed E-state index contributed by atoms with van der Waals surface area (Å²) >= 11 is 3.09. The molecule has 5 heteroatoms. The maximum atomic E-state index is 8.71. The van der Waals surface area contributed by atoms with Gasteiger partial charge in [0.15, 0.2) is 0 Å². The third-order valence-corrected chi connectivity index (χ3v) is 3.71. The summed E-state index contributed by atoms with van der Waals surface area (Å²) in [5.41, 5.74) is 0.956. The van der Waals surface area contributed by atoms with Crippen LogP contribution in [0.25, 0.3) is 10.2 Å². The average molecular weight is 221 g/mol. The Balaban J connectivity index is 2.42. The largest absolute Gasteiger partial charge is 0.235 e. The number of nitrogens with zero attached hydrogens (tertiary/aromatic N) is 3. The van der Waals surface area contributed by atoms with Crippen LogP contribution in [0.5, 0.6) is 0 Å². The summed E-state index contributed by atoms with van der Waals surface area (Å²) < 4.78 is 1.07. The van der Waals surface area contributed by atoms with E-state index in [-0.39, 0.29) is 5.25 Å². The molecule has 1 atom stereocenters. The molecule has 0 aliphatic heterocycles. The molecule has 2 rings (SSSR count). The maximum Gasteiger partial charge on any atom is 0.119 e. The van der Waals surface area contributed by atoms with Crippen LogP contribution in [0, 0.1) is 11.3 Å². The molecule has 2 aromatic heterocycles. The van der Waals surface area contributed by atoms with Gasteiger partial charge in [-0.25, -0.2) is 9.97 Å². The van der Waals surface area contributed by atoms with Crippen LogP contribution in [-0.2, 0) is 0 Å². The summed E-state index contributed by atoms with van der Waals surface area (Å²) in [6.07, 6.45) is 1.54. The SMILES string of the molecule is CC(C#N)Sc1ncnc2ccsc12. The van der Waals surface area contributed by atoms with Gasteiger partial charge in [0.05, 0.1) is 21.5 Å². The first-order valence-corrected chi connectivity index (χ1v) is 5.81. The van der Waals surface area contributed by atoms with E-state index in [4.69, 9.17) is 5.26 Å². The van der Waals surface area contributed by atoms with E-state index in [9.17, 15) is 0 Å². The Kier molecular flexibility index (Phi) is 2.66. The van der Waals surface area contributed by atoms with Crippen molar-refractivity contribution in [1.29, 1.82) is 5.26 Å². The number of aromatic nitrogens is 2. The first-order chi connectivity index (χ1) is 6.81. The molecule has 0 aliphatic carbocycles. The molecule has 2 heterocycles. The molecular weight excluding hydrogens is 214 g/mol. The zero-order chi connectivity index (χ0) is 9.97. The van der Waals surface area contributed by atoms with Gasteiger partial charge in [-0.3, -0.25) is 0 Å². The number of fused-ring (bicyclic) bond motifs is 1. The molecule has 0 saturated heterocycles. The molecule has 0 saturated carbocycles. The minimum Gasteiger partial charge on any atom is -0.235 e. The van der Waals surface area contributed by atoms with Gasteiger partial charge in [-0.1, -0.05) is 11.8 Å². The van der Waals surface area contributed by atoms with Crippen LogP contribution in [0.15, 0.2) is 22.8 Å². The van der Waals surface area contributed by atoms with Gasteiger partial charge in [-0.2, -0.15) is 5.26 Å². The van der Waals surface area contributed by atoms with Crippen molar-refractivity contribution in [3.8, 4) is 6.07 Å². The van der Waals surface area contributed by atoms with E-state index in [0.29, 0.717) is 0 Å². The van der Waals surface area contributed by atoms with E-state index in [1.807, 2.05) is 18.4 Å². The van der Waals surface area contributed by atoms with Crippen LogP contribution >= 0.6 is 23.1 Å². The molecule has 70 valence electrons. The van der Waals surface area contributed by atoms with Crippen LogP contribution < -0.4 is 0 Å². The van der Waals surface area contributed by atoms with Gasteiger partial charge in [0, 0.05) is 0 Å². The zero-order valence-electron chi connectivity index (χ0n) is 7.47. The van der Waals surface area contributed by atoms with E-state index in [2.05, 4.69) is 16.0 Å². The van der Waals surface area contributed by atoms with Crippen molar-refractivity contribution < 1.29 is 0 Å². The highest BCUT2D eigenvalue weighted by atomic mass is 32.2. The molecular formula is C9H7N3S2. The van der Waals surface area contributed by atoms with E-state index < -0.39 is 0 Å². The number of thioether (sulfide) groups is 1. The van der Waals surface area contributed by atoms with Crippen LogP contribution in [0.3, 0.4) is 0 Å². The Labute approximate surface area is 89.8 Å². The normalized spacial score (nSPS) is 12.6. The second kappa shape index (κ2) is 3.95. The predicted molar refractivity (Wildman–Crippen MR) is 58.3 cm³/mol. The number of nitriles is 1. The van der Waals surface area contributed by atoms with Crippen molar-refractivity contribution in [1.82, 2.24) is 9.97 Å². The topological polar surface area (TPSA) is 49.6 Å². The second-order valence-corrected chi connectivity index (χ2v) is 4.95. The summed E-state index contributed by atoms with van der Waals surface area (Å²) in [5, 5.41) is 11.5. The fraction of sp³-hybridized carbons (Fsp3) is 0.222. The summed E-state index contributed by atoms with van der Waals surface area (Å²) in [6, 6.07) is 4.14. The van der Waals surface area contributed by atoms with Crippen molar-refractivity contribution >= 4 is 33.3 Å². The van der Waals surface area contributed by atoms with Crippen LogP contribution in [0.2, 0.25) is 0 Å². The summed E-state index contributed by atoms with van der Waals surface area (Å²) in [6.45, 7) is 1.87. The van der Waals surface area contributed by atoms with Crippen molar-refractivity contribution in [2.24, 2.45) is 0 Å². The lowest BCUT2D eigenvalue weighted by atomic mass is 10.5. The highest BCUT2D eigenvalue weighted by Gasteiger charge is 2.09. The zero-order valence-corrected chi connectivity index (χ0v) is 9.10. The van der Waals surface area contributed by atoms with E-state index >= 15 is 0 Å². The van der Waals surface area contributed by atoms with Gasteiger partial charge in [0.1, 0.15) is 11.4 Å². The predicted octanol–water partition coefficient (Wildman–Crippen LogP) is 2.70. The Morgan fingerprint density at radius 2 is 2.43 bits per heavy atom. The minimum atomic E-state index is -0.0739. The molecule has 14 heavy (non-hydrogen) atoms. The number of thiophene rings is 1. The van der Waals surface area contributed by atoms with Gasteiger partial charge in [-0.05, 0) is 18.4 Å². The lowest BCUT2D eigenvalue weighted by Gasteiger charge is -2.01. The molecule has 0 bridgehead atoms. The molecule has 0 amide bonds. The molecule has 2 aromatic rings. The Bertz CT molecular complexity index is 486. The van der Waals surface area contributed by atoms with Crippen LogP contribution in [0.1, 0.15) is 6.92 Å². The lowest BCUT2D eigenvalue weighted by molar-refractivity contribution is 1.10. The second-order valence-electron chi connectivity index (χ2n) is 2.70. The highest BCUT2D eigenvalue weighted by Crippen LogP contribution is 2.30. The monoisotopic (exact) mass is 221 g/mol. The van der Waals surface area contributed by atoms with Crippen molar-refractivity contribution in [2.75, 3.05) is 0 Å². The van der Waals surface area contributed by atoms with E-state index in [0.717, 1.165) is 15.2 Å². The standard InChI is InChI=1S/C9H7N3S2/c1-6(4-10)14-9-8-7(2-3-13-8)11-5-12-9/h2-3,5-6H,1H3. The van der Waals surface area contributed by atoms with E-state index in [1.54, 1.807) is 17.7 Å². The maximum absolute atomic E-state index is 8.71. The molecule has 0 aromatic carbocycles. The fourth-order valence-corrected chi connectivity index (χ4v) is 2.77. The Morgan fingerprint density at radius 1 is 1.57 bits per heavy atom. The van der Waals surface area contributed by atoms with Gasteiger partial charge in [0.2, 0.25) is 0 Å². The molecule has 1 unspecified atom stereocenters. The molecule has 0 aliphatic rings. The summed E-state index contributed by atoms with van der Waals surface area (Å²) in [5.74, 6) is 0. The quantitative estimate of drug-likeness (QED) is 0.578. The first-order valence-electron chi connectivity index (χ1n) is 4.05. The molecule has 0 radical (unpaired) electrons. The number of hydrogen-bond donors (Lipinski definition) is 0. The smallest absolute Gasteiger partial charge is 0.119 e. The Hall–Kier alpha value is -1.12. The minimum absolute atomic E-state index is 0.0739. The number of hydrogen-bond acceptors (Lipinski definition) is 5. The molecule has 0 fully saturated rings. The lowest BCUT2D eigenvalue weighted by Crippen LogP contribution is -1.92. The summed E-state index contributed by atoms with van der Waals surface area (Å²) in [4.78, 5) is 8.32. The third-order valence-electron chi connectivity index (χ3n) is 1.68. The molecule has 0 spiro atoms. The van der Waals surface area contributed by atoms with Gasteiger partial charge < -0.3 is 0 Å². The van der Waals surface area contributed by atoms with Crippen LogP contribution in [-0.4, -0.2) is 15.2 Å². The van der Waals surface area contributed by atoms with Crippen molar-refractivity contribution in [3.63, 3.8) is 0 Å². The summed E-state index contributed by atoms with van der Waals surface area (Å²) in [7, 11) is 0.